The standard InChI is InChI=1S/C9H8N2O2/c10-8-3-6-1-2-9(11(12)13)5-7(6)4-8/h1-2,4-5H,3,10H2. The number of rotatable bonds is 1. The van der Waals surface area contributed by atoms with Crippen molar-refractivity contribution < 1.29 is 4.92 Å². The van der Waals surface area contributed by atoms with Gasteiger partial charge in [-0.25, -0.2) is 0 Å². The predicted octanol–water partition coefficient (Wildman–Crippen LogP) is 1.45. The average Bonchev–Trinajstić information content (AvgIpc) is 2.42. The number of hydrogen-bond donors (Lipinski definition) is 1. The Kier molecular flexibility index (Phi) is 1.55. The zero-order valence-corrected chi connectivity index (χ0v) is 6.86. The van der Waals surface area contributed by atoms with Crippen molar-refractivity contribution in [2.75, 3.05) is 0 Å². The first kappa shape index (κ1) is 7.79. The summed E-state index contributed by atoms with van der Waals surface area (Å²) in [5, 5.41) is 10.4. The van der Waals surface area contributed by atoms with E-state index in [4.69, 9.17) is 5.73 Å². The van der Waals surface area contributed by atoms with Gasteiger partial charge in [0.15, 0.2) is 0 Å². The number of fused-ring (bicyclic) bond motifs is 1. The van der Waals surface area contributed by atoms with Crippen molar-refractivity contribution in [1.82, 2.24) is 0 Å². The van der Waals surface area contributed by atoms with Crippen LogP contribution in [0.4, 0.5) is 5.69 Å². The molecule has 0 saturated heterocycles. The molecule has 1 aromatic rings. The minimum atomic E-state index is -0.400. The molecule has 1 aromatic carbocycles. The molecule has 0 aliphatic heterocycles. The summed E-state index contributed by atoms with van der Waals surface area (Å²) < 4.78 is 0. The van der Waals surface area contributed by atoms with E-state index in [1.54, 1.807) is 18.2 Å². The first-order valence-electron chi connectivity index (χ1n) is 3.90. The number of nitrogens with two attached hydrogens (primary N) is 1. The predicted molar refractivity (Wildman–Crippen MR) is 49.0 cm³/mol. The lowest BCUT2D eigenvalue weighted by atomic mass is 10.1. The van der Waals surface area contributed by atoms with Gasteiger partial charge in [-0.15, -0.1) is 0 Å². The molecule has 13 heavy (non-hydrogen) atoms. The molecule has 4 nitrogen and oxygen atoms in total. The average molecular weight is 176 g/mol. The molecule has 66 valence electrons. The molecule has 0 bridgehead atoms. The van der Waals surface area contributed by atoms with Crippen LogP contribution in [0.2, 0.25) is 0 Å². The molecule has 1 aliphatic carbocycles. The molecule has 0 unspecified atom stereocenters. The lowest BCUT2D eigenvalue weighted by Gasteiger charge is -1.96. The van der Waals surface area contributed by atoms with Gasteiger partial charge in [0.2, 0.25) is 0 Å². The van der Waals surface area contributed by atoms with E-state index < -0.39 is 4.92 Å². The third kappa shape index (κ3) is 1.26. The molecule has 0 saturated carbocycles. The van der Waals surface area contributed by atoms with Crippen molar-refractivity contribution in [3.05, 3.63) is 45.1 Å². The van der Waals surface area contributed by atoms with Gasteiger partial charge >= 0.3 is 0 Å². The van der Waals surface area contributed by atoms with Crippen molar-refractivity contribution in [3.8, 4) is 0 Å². The van der Waals surface area contributed by atoms with Crippen LogP contribution < -0.4 is 5.73 Å². The molecular formula is C9H8N2O2. The van der Waals surface area contributed by atoms with Gasteiger partial charge in [0.25, 0.3) is 5.69 Å². The summed E-state index contributed by atoms with van der Waals surface area (Å²) in [6, 6.07) is 4.81. The van der Waals surface area contributed by atoms with Crippen LogP contribution in [0.1, 0.15) is 11.1 Å². The van der Waals surface area contributed by atoms with Gasteiger partial charge < -0.3 is 5.73 Å². The highest BCUT2D eigenvalue weighted by molar-refractivity contribution is 5.65. The van der Waals surface area contributed by atoms with E-state index in [1.165, 1.54) is 6.07 Å². The lowest BCUT2D eigenvalue weighted by Crippen LogP contribution is -1.94. The minimum Gasteiger partial charge on any atom is -0.402 e. The Balaban J connectivity index is 2.49. The SMILES string of the molecule is NC1=Cc2cc([N+](=O)[O-])ccc2C1. The van der Waals surface area contributed by atoms with Crippen molar-refractivity contribution in [1.29, 1.82) is 0 Å². The number of benzene rings is 1. The first-order chi connectivity index (χ1) is 6.16. The third-order valence-electron chi connectivity index (χ3n) is 2.08. The van der Waals surface area contributed by atoms with Crippen LogP contribution in [0.25, 0.3) is 6.08 Å². The maximum absolute atomic E-state index is 10.4. The molecule has 0 radical (unpaired) electrons. The van der Waals surface area contributed by atoms with E-state index in [1.807, 2.05) is 0 Å². The van der Waals surface area contributed by atoms with Crippen molar-refractivity contribution in [2.24, 2.45) is 5.73 Å². The Hall–Kier alpha value is -1.84. The van der Waals surface area contributed by atoms with Crippen LogP contribution in [0.3, 0.4) is 0 Å². The molecule has 1 aliphatic rings. The number of nitro groups is 1. The number of nitrogens with zero attached hydrogens (tertiary/aromatic N) is 1. The van der Waals surface area contributed by atoms with Gasteiger partial charge in [-0.2, -0.15) is 0 Å². The highest BCUT2D eigenvalue weighted by Gasteiger charge is 2.14. The molecular weight excluding hydrogens is 168 g/mol. The van der Waals surface area contributed by atoms with Gasteiger partial charge in [0.1, 0.15) is 0 Å². The zero-order chi connectivity index (χ0) is 9.42. The number of nitro benzene ring substituents is 1. The van der Waals surface area contributed by atoms with Crippen LogP contribution in [0.5, 0.6) is 0 Å². The quantitative estimate of drug-likeness (QED) is 0.520. The summed E-state index contributed by atoms with van der Waals surface area (Å²) in [5.74, 6) is 0. The Bertz CT molecular complexity index is 410. The molecule has 0 heterocycles. The summed E-state index contributed by atoms with van der Waals surface area (Å²) in [6.07, 6.45) is 2.48. The smallest absolute Gasteiger partial charge is 0.270 e. The van der Waals surface area contributed by atoms with E-state index >= 15 is 0 Å². The molecule has 0 amide bonds. The van der Waals surface area contributed by atoms with Crippen molar-refractivity contribution >= 4 is 11.8 Å². The van der Waals surface area contributed by atoms with Crippen LogP contribution in [-0.2, 0) is 6.42 Å². The number of hydrogen-bond acceptors (Lipinski definition) is 3. The fourth-order valence-electron chi connectivity index (χ4n) is 1.46. The first-order valence-corrected chi connectivity index (χ1v) is 3.90. The van der Waals surface area contributed by atoms with Crippen LogP contribution >= 0.6 is 0 Å². The molecule has 4 heteroatoms. The Morgan fingerprint density at radius 3 is 2.92 bits per heavy atom. The van der Waals surface area contributed by atoms with Crippen molar-refractivity contribution in [3.63, 3.8) is 0 Å². The monoisotopic (exact) mass is 176 g/mol. The maximum Gasteiger partial charge on any atom is 0.270 e. The normalized spacial score (nSPS) is 13.7. The molecule has 2 rings (SSSR count). The minimum absolute atomic E-state index is 0.115. The molecule has 0 fully saturated rings. The summed E-state index contributed by atoms with van der Waals surface area (Å²) >= 11 is 0. The number of allylic oxidation sites excluding steroid dienone is 1. The molecule has 0 atom stereocenters. The topological polar surface area (TPSA) is 69.2 Å². The fraction of sp³-hybridized carbons (Fsp3) is 0.111. The summed E-state index contributed by atoms with van der Waals surface area (Å²) in [5.41, 5.74) is 8.40. The highest BCUT2D eigenvalue weighted by atomic mass is 16.6. The number of non-ortho nitro benzene ring substituents is 1. The van der Waals surface area contributed by atoms with Crippen LogP contribution in [-0.4, -0.2) is 4.92 Å². The second-order valence-electron chi connectivity index (χ2n) is 3.04. The fourth-order valence-corrected chi connectivity index (χ4v) is 1.46. The van der Waals surface area contributed by atoms with Gasteiger partial charge in [-0.3, -0.25) is 10.1 Å². The zero-order valence-electron chi connectivity index (χ0n) is 6.86. The third-order valence-corrected chi connectivity index (χ3v) is 2.08. The summed E-state index contributed by atoms with van der Waals surface area (Å²) in [7, 11) is 0. The highest BCUT2D eigenvalue weighted by Crippen LogP contribution is 2.26. The van der Waals surface area contributed by atoms with E-state index in [9.17, 15) is 10.1 Å². The summed E-state index contributed by atoms with van der Waals surface area (Å²) in [6.45, 7) is 0. The second-order valence-corrected chi connectivity index (χ2v) is 3.04. The van der Waals surface area contributed by atoms with E-state index in [-0.39, 0.29) is 5.69 Å². The Morgan fingerprint density at radius 1 is 1.46 bits per heavy atom. The second kappa shape index (κ2) is 2.58. The summed E-state index contributed by atoms with van der Waals surface area (Å²) in [4.78, 5) is 10.0. The van der Waals surface area contributed by atoms with Gasteiger partial charge in [-0.05, 0) is 17.2 Å². The van der Waals surface area contributed by atoms with Crippen LogP contribution in [0, 0.1) is 10.1 Å². The van der Waals surface area contributed by atoms with E-state index in [0.717, 1.165) is 16.8 Å². The van der Waals surface area contributed by atoms with Gasteiger partial charge in [-0.1, -0.05) is 6.07 Å². The molecule has 2 N–H and O–H groups in total. The van der Waals surface area contributed by atoms with Gasteiger partial charge in [0.05, 0.1) is 4.92 Å². The van der Waals surface area contributed by atoms with E-state index in [0.29, 0.717) is 6.42 Å². The largest absolute Gasteiger partial charge is 0.402 e. The maximum atomic E-state index is 10.4. The van der Waals surface area contributed by atoms with Crippen molar-refractivity contribution in [2.45, 2.75) is 6.42 Å². The lowest BCUT2D eigenvalue weighted by molar-refractivity contribution is -0.384. The van der Waals surface area contributed by atoms with Gasteiger partial charge in [0, 0.05) is 24.3 Å². The Morgan fingerprint density at radius 2 is 2.23 bits per heavy atom. The van der Waals surface area contributed by atoms with E-state index in [2.05, 4.69) is 0 Å². The van der Waals surface area contributed by atoms with Crippen LogP contribution in [0.15, 0.2) is 23.9 Å². The molecule has 0 spiro atoms. The Labute approximate surface area is 74.8 Å². The molecule has 0 aromatic heterocycles.